The van der Waals surface area contributed by atoms with Gasteiger partial charge in [0.2, 0.25) is 0 Å². The lowest BCUT2D eigenvalue weighted by Gasteiger charge is -1.97. The molecule has 0 radical (unpaired) electrons. The lowest BCUT2D eigenvalue weighted by molar-refractivity contribution is 1.17. The summed E-state index contributed by atoms with van der Waals surface area (Å²) in [5.41, 5.74) is 3.82. The Bertz CT molecular complexity index is 420. The topological polar surface area (TPSA) is 38.7 Å². The minimum absolute atomic E-state index is 0.904. The normalized spacial score (nSPS) is 11.6. The number of aromatic nitrogens is 3. The maximum absolute atomic E-state index is 4.21. The van der Waals surface area contributed by atoms with Gasteiger partial charge in [-0.05, 0) is 18.6 Å². The van der Waals surface area contributed by atoms with E-state index in [9.17, 15) is 0 Å². The second kappa shape index (κ2) is 4.11. The zero-order valence-electron chi connectivity index (χ0n) is 7.71. The van der Waals surface area contributed by atoms with Crippen LogP contribution in [-0.4, -0.2) is 15.0 Å². The van der Waals surface area contributed by atoms with Crippen LogP contribution in [0.15, 0.2) is 30.3 Å². The fourth-order valence-electron chi connectivity index (χ4n) is 1.09. The van der Waals surface area contributed by atoms with Gasteiger partial charge in [-0.2, -0.15) is 0 Å². The summed E-state index contributed by atoms with van der Waals surface area (Å²) in [5, 5.41) is 0. The highest BCUT2D eigenvalue weighted by Crippen LogP contribution is 2.16. The number of hydrogen-bond acceptors (Lipinski definition) is 4. The van der Waals surface area contributed by atoms with Gasteiger partial charge in [0.25, 0.3) is 0 Å². The molecule has 0 aliphatic rings. The second-order valence-corrected chi connectivity index (χ2v) is 3.74. The van der Waals surface area contributed by atoms with E-state index in [4.69, 9.17) is 0 Å². The van der Waals surface area contributed by atoms with Crippen LogP contribution in [-0.2, 0) is 0 Å². The maximum Gasteiger partial charge on any atom is 0.0842 e. The van der Waals surface area contributed by atoms with Gasteiger partial charge in [0, 0.05) is 23.5 Å². The van der Waals surface area contributed by atoms with Gasteiger partial charge in [0.05, 0.1) is 17.4 Å². The minimum atomic E-state index is 0.904. The molecular formula is C10H9N3S. The summed E-state index contributed by atoms with van der Waals surface area (Å²) in [6, 6.07) is 0. The fourth-order valence-corrected chi connectivity index (χ4v) is 1.70. The molecule has 0 saturated carbocycles. The Morgan fingerprint density at radius 3 is 2.86 bits per heavy atom. The van der Waals surface area contributed by atoms with E-state index in [-0.39, 0.29) is 0 Å². The average molecular weight is 203 g/mol. The van der Waals surface area contributed by atoms with Gasteiger partial charge in [0.15, 0.2) is 0 Å². The summed E-state index contributed by atoms with van der Waals surface area (Å²) >= 11 is 1.61. The molecule has 14 heavy (non-hydrogen) atoms. The SMILES string of the molecule is C/C(=C/c1cncs1)c1cnccn1. The van der Waals surface area contributed by atoms with E-state index in [0.717, 1.165) is 16.1 Å². The van der Waals surface area contributed by atoms with Crippen molar-refractivity contribution in [2.75, 3.05) is 0 Å². The van der Waals surface area contributed by atoms with Crippen LogP contribution >= 0.6 is 11.3 Å². The molecule has 4 heteroatoms. The van der Waals surface area contributed by atoms with Gasteiger partial charge in [-0.25, -0.2) is 0 Å². The molecule has 3 nitrogen and oxygen atoms in total. The Morgan fingerprint density at radius 2 is 2.21 bits per heavy atom. The van der Waals surface area contributed by atoms with Crippen LogP contribution in [0.3, 0.4) is 0 Å². The first-order valence-electron chi connectivity index (χ1n) is 4.19. The largest absolute Gasteiger partial charge is 0.261 e. The summed E-state index contributed by atoms with van der Waals surface area (Å²) in [5.74, 6) is 0. The molecule has 0 spiro atoms. The van der Waals surface area contributed by atoms with Crippen LogP contribution in [0.1, 0.15) is 17.5 Å². The number of nitrogens with zero attached hydrogens (tertiary/aromatic N) is 3. The smallest absolute Gasteiger partial charge is 0.0842 e. The van der Waals surface area contributed by atoms with Crippen molar-refractivity contribution in [1.29, 1.82) is 0 Å². The fraction of sp³-hybridized carbons (Fsp3) is 0.100. The third-order valence-electron chi connectivity index (χ3n) is 1.78. The molecule has 2 heterocycles. The minimum Gasteiger partial charge on any atom is -0.261 e. The van der Waals surface area contributed by atoms with Crippen LogP contribution in [0.4, 0.5) is 0 Å². The zero-order chi connectivity index (χ0) is 9.80. The summed E-state index contributed by atoms with van der Waals surface area (Å²) < 4.78 is 0. The highest BCUT2D eigenvalue weighted by molar-refractivity contribution is 7.10. The number of allylic oxidation sites excluding steroid dienone is 1. The van der Waals surface area contributed by atoms with Gasteiger partial charge in [0.1, 0.15) is 0 Å². The van der Waals surface area contributed by atoms with E-state index < -0.39 is 0 Å². The van der Waals surface area contributed by atoms with Crippen LogP contribution in [0.25, 0.3) is 11.6 Å². The lowest BCUT2D eigenvalue weighted by Crippen LogP contribution is -1.85. The summed E-state index contributed by atoms with van der Waals surface area (Å²) in [6.07, 6.45) is 9.02. The monoisotopic (exact) mass is 203 g/mol. The van der Waals surface area contributed by atoms with Gasteiger partial charge in [-0.1, -0.05) is 0 Å². The molecule has 0 saturated heterocycles. The zero-order valence-corrected chi connectivity index (χ0v) is 8.53. The number of thiazole rings is 1. The Balaban J connectivity index is 2.29. The van der Waals surface area contributed by atoms with E-state index in [1.807, 2.05) is 18.6 Å². The third kappa shape index (κ3) is 2.03. The second-order valence-electron chi connectivity index (χ2n) is 2.82. The highest BCUT2D eigenvalue weighted by atomic mass is 32.1. The van der Waals surface area contributed by atoms with Crippen LogP contribution in [0.2, 0.25) is 0 Å². The number of hydrogen-bond donors (Lipinski definition) is 0. The van der Waals surface area contributed by atoms with Gasteiger partial charge in [-0.15, -0.1) is 11.3 Å². The van der Waals surface area contributed by atoms with E-state index in [2.05, 4.69) is 21.0 Å². The van der Waals surface area contributed by atoms with Crippen molar-refractivity contribution in [2.45, 2.75) is 6.92 Å². The molecule has 0 aromatic carbocycles. The quantitative estimate of drug-likeness (QED) is 0.752. The first-order valence-corrected chi connectivity index (χ1v) is 5.07. The van der Waals surface area contributed by atoms with E-state index in [1.54, 1.807) is 29.9 Å². The molecule has 0 aliphatic heterocycles. The van der Waals surface area contributed by atoms with Crippen LogP contribution in [0, 0.1) is 0 Å². The first kappa shape index (κ1) is 9.02. The van der Waals surface area contributed by atoms with Gasteiger partial charge >= 0.3 is 0 Å². The summed E-state index contributed by atoms with van der Waals surface area (Å²) in [7, 11) is 0. The standard InChI is InChI=1S/C10H9N3S/c1-8(4-9-5-12-7-14-9)10-6-11-2-3-13-10/h2-7H,1H3/b8-4-. The number of rotatable bonds is 2. The Morgan fingerprint density at radius 1 is 1.29 bits per heavy atom. The molecule has 0 amide bonds. The van der Waals surface area contributed by atoms with Gasteiger partial charge in [-0.3, -0.25) is 15.0 Å². The Hall–Kier alpha value is -1.55. The molecular weight excluding hydrogens is 194 g/mol. The highest BCUT2D eigenvalue weighted by Gasteiger charge is 1.97. The molecule has 2 aromatic heterocycles. The third-order valence-corrected chi connectivity index (χ3v) is 2.50. The average Bonchev–Trinajstić information content (AvgIpc) is 2.72. The van der Waals surface area contributed by atoms with Crippen LogP contribution in [0.5, 0.6) is 0 Å². The van der Waals surface area contributed by atoms with E-state index in [0.29, 0.717) is 0 Å². The van der Waals surface area contributed by atoms with Crippen molar-refractivity contribution in [1.82, 2.24) is 15.0 Å². The molecule has 0 atom stereocenters. The van der Waals surface area contributed by atoms with E-state index >= 15 is 0 Å². The van der Waals surface area contributed by atoms with Crippen molar-refractivity contribution in [3.63, 3.8) is 0 Å². The molecule has 2 rings (SSSR count). The van der Waals surface area contributed by atoms with Gasteiger partial charge < -0.3 is 0 Å². The lowest BCUT2D eigenvalue weighted by atomic mass is 10.2. The van der Waals surface area contributed by atoms with Crippen LogP contribution < -0.4 is 0 Å². The summed E-state index contributed by atoms with van der Waals surface area (Å²) in [6.45, 7) is 2.02. The molecule has 0 bridgehead atoms. The van der Waals surface area contributed by atoms with Crippen molar-refractivity contribution < 1.29 is 0 Å². The first-order chi connectivity index (χ1) is 6.86. The predicted octanol–water partition coefficient (Wildman–Crippen LogP) is 2.49. The molecule has 0 aliphatic carbocycles. The molecule has 0 unspecified atom stereocenters. The molecule has 2 aromatic rings. The van der Waals surface area contributed by atoms with Crippen molar-refractivity contribution in [3.8, 4) is 0 Å². The Kier molecular flexibility index (Phi) is 2.65. The van der Waals surface area contributed by atoms with Crippen molar-refractivity contribution in [2.24, 2.45) is 0 Å². The maximum atomic E-state index is 4.21. The predicted molar refractivity (Wildman–Crippen MR) is 57.7 cm³/mol. The van der Waals surface area contributed by atoms with Crippen molar-refractivity contribution >= 4 is 23.0 Å². The molecule has 0 fully saturated rings. The van der Waals surface area contributed by atoms with Crippen molar-refractivity contribution in [3.05, 3.63) is 40.9 Å². The van der Waals surface area contributed by atoms with E-state index in [1.165, 1.54) is 0 Å². The molecule has 0 N–H and O–H groups in total. The molecule has 70 valence electrons. The summed E-state index contributed by atoms with van der Waals surface area (Å²) in [4.78, 5) is 13.4. The Labute approximate surface area is 86.2 Å².